The van der Waals surface area contributed by atoms with Crippen LogP contribution in [-0.2, 0) is 17.7 Å². The summed E-state index contributed by atoms with van der Waals surface area (Å²) in [6.45, 7) is 3.03. The van der Waals surface area contributed by atoms with Crippen molar-refractivity contribution in [1.29, 1.82) is 0 Å². The minimum atomic E-state index is 0.548. The summed E-state index contributed by atoms with van der Waals surface area (Å²) in [6, 6.07) is 1.98. The Morgan fingerprint density at radius 3 is 2.90 bits per heavy atom. The highest BCUT2D eigenvalue weighted by Crippen LogP contribution is 2.19. The molecule has 0 atom stereocenters. The van der Waals surface area contributed by atoms with Gasteiger partial charge in [-0.1, -0.05) is 0 Å². The molecule has 0 bridgehead atoms. The first kappa shape index (κ1) is 16.7. The van der Waals surface area contributed by atoms with E-state index in [0.29, 0.717) is 12.5 Å². The number of nitrogens with zero attached hydrogens (tertiary/aromatic N) is 4. The van der Waals surface area contributed by atoms with Gasteiger partial charge in [0.25, 0.3) is 0 Å². The highest BCUT2D eigenvalue weighted by Gasteiger charge is 2.11. The molecule has 0 radical (unpaired) electrons. The molecule has 0 amide bonds. The Labute approximate surface area is 138 Å². The third kappa shape index (κ3) is 4.64. The number of likely N-dealkylation sites (N-methyl/N-ethyl adjacent to an activating group) is 1. The van der Waals surface area contributed by atoms with E-state index in [4.69, 9.17) is 16.3 Å². The first-order valence-electron chi connectivity index (χ1n) is 6.91. The van der Waals surface area contributed by atoms with E-state index < -0.39 is 0 Å². The molecule has 5 nitrogen and oxygen atoms in total. The van der Waals surface area contributed by atoms with Crippen molar-refractivity contribution >= 4 is 38.7 Å². The minimum absolute atomic E-state index is 0.548. The van der Waals surface area contributed by atoms with Crippen LogP contribution in [0.1, 0.15) is 5.82 Å². The zero-order valence-electron chi connectivity index (χ0n) is 12.4. The van der Waals surface area contributed by atoms with Crippen LogP contribution in [0, 0.1) is 0 Å². The number of ether oxygens (including phenoxy) is 1. The highest BCUT2D eigenvalue weighted by molar-refractivity contribution is 9.10. The van der Waals surface area contributed by atoms with Crippen LogP contribution in [0.5, 0.6) is 0 Å². The number of fused-ring (bicyclic) bond motifs is 1. The lowest BCUT2D eigenvalue weighted by atomic mass is 10.4. The third-order valence-corrected chi connectivity index (χ3v) is 3.71. The maximum absolute atomic E-state index is 5.87. The molecular weight excluding hydrogens is 356 g/mol. The summed E-state index contributed by atoms with van der Waals surface area (Å²) in [6.07, 6.45) is 2.52. The molecule has 2 rings (SSSR count). The second-order valence-electron chi connectivity index (χ2n) is 5.03. The number of aryl methyl sites for hydroxylation is 1. The summed E-state index contributed by atoms with van der Waals surface area (Å²) in [4.78, 5) is 11.2. The molecule has 0 aromatic carbocycles. The fourth-order valence-corrected chi connectivity index (χ4v) is 2.54. The van der Waals surface area contributed by atoms with Crippen LogP contribution in [0.25, 0.3) is 11.2 Å². The van der Waals surface area contributed by atoms with Crippen LogP contribution >= 0.6 is 27.5 Å². The van der Waals surface area contributed by atoms with Gasteiger partial charge in [0.05, 0.1) is 13.2 Å². The molecule has 0 aliphatic rings. The predicted molar refractivity (Wildman–Crippen MR) is 89.0 cm³/mol. The minimum Gasteiger partial charge on any atom is -0.378 e. The van der Waals surface area contributed by atoms with Crippen LogP contribution in [0.2, 0.25) is 0 Å². The standard InChI is InChI=1S/C14H20BrClN4O/c1-19(2)5-7-21-8-6-20-13(3-4-16)18-12-9-11(15)10-17-14(12)20/h9-10H,3-8H2,1-2H3. The van der Waals surface area contributed by atoms with Gasteiger partial charge in [-0.15, -0.1) is 11.6 Å². The molecule has 2 aromatic rings. The van der Waals surface area contributed by atoms with Gasteiger partial charge in [-0.2, -0.15) is 0 Å². The summed E-state index contributed by atoms with van der Waals surface area (Å²) in [7, 11) is 4.07. The average molecular weight is 376 g/mol. The molecule has 0 saturated carbocycles. The molecule has 0 fully saturated rings. The van der Waals surface area contributed by atoms with E-state index in [1.807, 2.05) is 20.2 Å². The van der Waals surface area contributed by atoms with Crippen molar-refractivity contribution in [1.82, 2.24) is 19.4 Å². The van der Waals surface area contributed by atoms with E-state index in [1.54, 1.807) is 6.20 Å². The molecule has 0 spiro atoms. The molecule has 0 aliphatic heterocycles. The monoisotopic (exact) mass is 374 g/mol. The summed E-state index contributed by atoms with van der Waals surface area (Å²) in [5, 5.41) is 0. The second kappa shape index (κ2) is 8.08. The third-order valence-electron chi connectivity index (χ3n) is 3.09. The highest BCUT2D eigenvalue weighted by atomic mass is 79.9. The lowest BCUT2D eigenvalue weighted by Gasteiger charge is -2.11. The number of aromatic nitrogens is 3. The smallest absolute Gasteiger partial charge is 0.160 e. The largest absolute Gasteiger partial charge is 0.378 e. The number of hydrogen-bond acceptors (Lipinski definition) is 4. The summed E-state index contributed by atoms with van der Waals surface area (Å²) >= 11 is 9.29. The number of hydrogen-bond donors (Lipinski definition) is 0. The van der Waals surface area contributed by atoms with Gasteiger partial charge in [-0.3, -0.25) is 0 Å². The Kier molecular flexibility index (Phi) is 6.41. The first-order chi connectivity index (χ1) is 10.1. The molecule has 0 saturated heterocycles. The molecule has 0 N–H and O–H groups in total. The number of alkyl halides is 1. The number of pyridine rings is 1. The SMILES string of the molecule is CN(C)CCOCCn1c(CCCl)nc2cc(Br)cnc21. The van der Waals surface area contributed by atoms with Crippen LogP contribution < -0.4 is 0 Å². The van der Waals surface area contributed by atoms with Gasteiger partial charge < -0.3 is 14.2 Å². The Morgan fingerprint density at radius 2 is 2.19 bits per heavy atom. The van der Waals surface area contributed by atoms with E-state index in [2.05, 4.69) is 35.4 Å². The fraction of sp³-hybridized carbons (Fsp3) is 0.571. The van der Waals surface area contributed by atoms with Crippen molar-refractivity contribution < 1.29 is 4.74 Å². The van der Waals surface area contributed by atoms with Crippen LogP contribution in [-0.4, -0.2) is 59.2 Å². The Hall–Kier alpha value is -0.690. The predicted octanol–water partition coefficient (Wildman–Crippen LogP) is 2.55. The Morgan fingerprint density at radius 1 is 1.38 bits per heavy atom. The molecule has 2 heterocycles. The average Bonchev–Trinajstić information content (AvgIpc) is 2.75. The lowest BCUT2D eigenvalue weighted by molar-refractivity contribution is 0.111. The van der Waals surface area contributed by atoms with Gasteiger partial charge in [-0.05, 0) is 36.1 Å². The van der Waals surface area contributed by atoms with E-state index in [-0.39, 0.29) is 0 Å². The normalized spacial score (nSPS) is 11.7. The molecule has 21 heavy (non-hydrogen) atoms. The summed E-state index contributed by atoms with van der Waals surface area (Å²) in [5.41, 5.74) is 1.77. The van der Waals surface area contributed by atoms with Crippen molar-refractivity contribution in [2.75, 3.05) is 39.7 Å². The van der Waals surface area contributed by atoms with Gasteiger partial charge in [-0.25, -0.2) is 9.97 Å². The van der Waals surface area contributed by atoms with Crippen molar-refractivity contribution in [3.8, 4) is 0 Å². The van der Waals surface area contributed by atoms with Gasteiger partial charge in [0, 0.05) is 36.1 Å². The van der Waals surface area contributed by atoms with Crippen molar-refractivity contribution in [2.24, 2.45) is 0 Å². The van der Waals surface area contributed by atoms with Crippen molar-refractivity contribution in [3.05, 3.63) is 22.6 Å². The molecular formula is C14H20BrClN4O. The van der Waals surface area contributed by atoms with Crippen LogP contribution in [0.3, 0.4) is 0 Å². The van der Waals surface area contributed by atoms with Crippen molar-refractivity contribution in [2.45, 2.75) is 13.0 Å². The van der Waals surface area contributed by atoms with Gasteiger partial charge in [0.2, 0.25) is 0 Å². The lowest BCUT2D eigenvalue weighted by Crippen LogP contribution is -2.19. The van der Waals surface area contributed by atoms with E-state index >= 15 is 0 Å². The maximum atomic E-state index is 5.87. The fourth-order valence-electron chi connectivity index (χ4n) is 2.05. The number of rotatable bonds is 8. The van der Waals surface area contributed by atoms with Gasteiger partial charge >= 0.3 is 0 Å². The van der Waals surface area contributed by atoms with E-state index in [9.17, 15) is 0 Å². The molecule has 2 aromatic heterocycles. The number of imidazole rings is 1. The second-order valence-corrected chi connectivity index (χ2v) is 6.32. The summed E-state index contributed by atoms with van der Waals surface area (Å²) < 4.78 is 8.69. The van der Waals surface area contributed by atoms with Crippen LogP contribution in [0.4, 0.5) is 0 Å². The number of halogens is 2. The van der Waals surface area contributed by atoms with Crippen LogP contribution in [0.15, 0.2) is 16.7 Å². The molecule has 7 heteroatoms. The zero-order valence-corrected chi connectivity index (χ0v) is 14.7. The van der Waals surface area contributed by atoms with Gasteiger partial charge in [0.15, 0.2) is 5.65 Å². The zero-order chi connectivity index (χ0) is 15.2. The van der Waals surface area contributed by atoms with E-state index in [0.717, 1.165) is 47.6 Å². The molecule has 0 aliphatic carbocycles. The van der Waals surface area contributed by atoms with E-state index in [1.165, 1.54) is 0 Å². The molecule has 0 unspecified atom stereocenters. The molecule has 116 valence electrons. The maximum Gasteiger partial charge on any atom is 0.160 e. The topological polar surface area (TPSA) is 43.2 Å². The Balaban J connectivity index is 2.07. The first-order valence-corrected chi connectivity index (χ1v) is 8.23. The van der Waals surface area contributed by atoms with Crippen molar-refractivity contribution in [3.63, 3.8) is 0 Å². The van der Waals surface area contributed by atoms with Gasteiger partial charge in [0.1, 0.15) is 11.3 Å². The summed E-state index contributed by atoms with van der Waals surface area (Å²) in [5.74, 6) is 1.51. The quantitative estimate of drug-likeness (QED) is 0.525. The Bertz CT molecular complexity index is 588.